The predicted molar refractivity (Wildman–Crippen MR) is 230 cm³/mol. The molecule has 56 heavy (non-hydrogen) atoms. The Balaban J connectivity index is 1.11. The van der Waals surface area contributed by atoms with E-state index in [9.17, 15) is 0 Å². The fourth-order valence-corrected chi connectivity index (χ4v) is 10.5. The highest BCUT2D eigenvalue weighted by Gasteiger charge is 2.55. The van der Waals surface area contributed by atoms with Gasteiger partial charge < -0.3 is 9.32 Å². The maximum absolute atomic E-state index is 7.09. The smallest absolute Gasteiger partial charge is 0.142 e. The monoisotopic (exact) mass is 715 g/mol. The molecule has 0 radical (unpaired) electrons. The van der Waals surface area contributed by atoms with Crippen LogP contribution < -0.4 is 4.90 Å². The van der Waals surface area contributed by atoms with Crippen molar-refractivity contribution in [2.75, 3.05) is 4.90 Å². The van der Waals surface area contributed by atoms with Gasteiger partial charge in [0.15, 0.2) is 0 Å². The normalized spacial score (nSPS) is 14.5. The minimum absolute atomic E-state index is 0.195. The molecule has 0 unspecified atom stereocenters. The molecule has 0 N–H and O–H groups in total. The lowest BCUT2D eigenvalue weighted by Gasteiger charge is -2.32. The topological polar surface area (TPSA) is 16.4 Å². The molecule has 0 fully saturated rings. The lowest BCUT2D eigenvalue weighted by atomic mass is 9.70. The highest BCUT2D eigenvalue weighted by atomic mass is 16.3. The lowest BCUT2D eigenvalue weighted by Crippen LogP contribution is -2.26. The van der Waals surface area contributed by atoms with Crippen LogP contribution in [0.25, 0.3) is 55.7 Å². The molecule has 1 aromatic heterocycles. The van der Waals surface area contributed by atoms with E-state index in [0.717, 1.165) is 39.4 Å². The SMILES string of the molecule is CC1(C)c2cc(-c3ccccc3)ccc2-c2ccc(N(c3ccccc3)c3cccc4c3-c3oc5ccccc5c3C43c4ccccc4-c4ccccc43)cc21. The Hall–Kier alpha value is -6.90. The number of nitrogens with zero attached hydrogens (tertiary/aromatic N) is 1. The summed E-state index contributed by atoms with van der Waals surface area (Å²) in [7, 11) is 0. The van der Waals surface area contributed by atoms with Gasteiger partial charge in [-0.3, -0.25) is 0 Å². The van der Waals surface area contributed by atoms with E-state index in [2.05, 4.69) is 207 Å². The second-order valence-corrected chi connectivity index (χ2v) is 16.0. The Kier molecular flexibility index (Phi) is 6.36. The van der Waals surface area contributed by atoms with Gasteiger partial charge in [-0.05, 0) is 104 Å². The van der Waals surface area contributed by atoms with E-state index in [1.165, 1.54) is 66.8 Å². The summed E-state index contributed by atoms with van der Waals surface area (Å²) in [6.07, 6.45) is 0. The van der Waals surface area contributed by atoms with E-state index in [4.69, 9.17) is 4.42 Å². The lowest BCUT2D eigenvalue weighted by molar-refractivity contribution is 0.628. The first-order valence-corrected chi connectivity index (χ1v) is 19.6. The number of hydrogen-bond donors (Lipinski definition) is 0. The molecule has 0 atom stereocenters. The van der Waals surface area contributed by atoms with E-state index < -0.39 is 5.41 Å². The maximum atomic E-state index is 7.09. The summed E-state index contributed by atoms with van der Waals surface area (Å²) in [5.41, 5.74) is 20.2. The zero-order valence-electron chi connectivity index (χ0n) is 31.3. The molecule has 1 heterocycles. The molecule has 0 aliphatic heterocycles. The Morgan fingerprint density at radius 3 is 1.77 bits per heavy atom. The van der Waals surface area contributed by atoms with Crippen LogP contribution in [0, 0.1) is 0 Å². The molecule has 2 heteroatoms. The minimum atomic E-state index is -0.527. The Bertz CT molecular complexity index is 3010. The van der Waals surface area contributed by atoms with Crippen LogP contribution in [0.15, 0.2) is 192 Å². The van der Waals surface area contributed by atoms with E-state index >= 15 is 0 Å². The number of benzene rings is 8. The zero-order valence-corrected chi connectivity index (χ0v) is 31.3. The molecule has 1 spiro atoms. The first-order valence-electron chi connectivity index (χ1n) is 19.6. The van der Waals surface area contributed by atoms with Crippen LogP contribution in [0.2, 0.25) is 0 Å². The van der Waals surface area contributed by atoms with E-state index in [-0.39, 0.29) is 5.41 Å². The molecular weight excluding hydrogens is 679 g/mol. The van der Waals surface area contributed by atoms with Crippen LogP contribution in [0.3, 0.4) is 0 Å². The largest absolute Gasteiger partial charge is 0.456 e. The number of furan rings is 1. The van der Waals surface area contributed by atoms with Crippen LogP contribution >= 0.6 is 0 Å². The third kappa shape index (κ3) is 4.00. The Labute approximate surface area is 327 Å². The van der Waals surface area contributed by atoms with Crippen LogP contribution in [-0.2, 0) is 10.8 Å². The minimum Gasteiger partial charge on any atom is -0.456 e. The average Bonchev–Trinajstić information content (AvgIpc) is 3.93. The van der Waals surface area contributed by atoms with Crippen LogP contribution in [0.4, 0.5) is 17.1 Å². The van der Waals surface area contributed by atoms with Crippen molar-refractivity contribution in [3.05, 3.63) is 221 Å². The first kappa shape index (κ1) is 31.5. The molecule has 9 aromatic rings. The van der Waals surface area contributed by atoms with E-state index in [1.807, 2.05) is 0 Å². The molecular formula is C54H37NO. The second kappa shape index (κ2) is 11.3. The summed E-state index contributed by atoms with van der Waals surface area (Å²) in [4.78, 5) is 2.45. The fraction of sp³-hybridized carbons (Fsp3) is 0.0741. The molecule has 3 aliphatic rings. The van der Waals surface area contributed by atoms with Crippen molar-refractivity contribution < 1.29 is 4.42 Å². The van der Waals surface area contributed by atoms with Crippen LogP contribution in [0.5, 0.6) is 0 Å². The van der Waals surface area contributed by atoms with Gasteiger partial charge in [0.25, 0.3) is 0 Å². The average molecular weight is 716 g/mol. The number of rotatable bonds is 4. The van der Waals surface area contributed by atoms with Crippen molar-refractivity contribution in [2.24, 2.45) is 0 Å². The molecule has 0 saturated carbocycles. The summed E-state index contributed by atoms with van der Waals surface area (Å²) in [5, 5.41) is 1.16. The summed E-state index contributed by atoms with van der Waals surface area (Å²) in [6, 6.07) is 69.1. The summed E-state index contributed by atoms with van der Waals surface area (Å²) < 4.78 is 7.09. The summed E-state index contributed by atoms with van der Waals surface area (Å²) >= 11 is 0. The van der Waals surface area contributed by atoms with Gasteiger partial charge in [0.1, 0.15) is 11.3 Å². The number of fused-ring (bicyclic) bond motifs is 15. The molecule has 3 aliphatic carbocycles. The summed E-state index contributed by atoms with van der Waals surface area (Å²) in [5.74, 6) is 0.951. The van der Waals surface area contributed by atoms with Crippen molar-refractivity contribution in [1.29, 1.82) is 0 Å². The Morgan fingerprint density at radius 1 is 0.429 bits per heavy atom. The quantitative estimate of drug-likeness (QED) is 0.180. The van der Waals surface area contributed by atoms with E-state index in [0.29, 0.717) is 0 Å². The maximum Gasteiger partial charge on any atom is 0.142 e. The molecule has 2 nitrogen and oxygen atoms in total. The molecule has 0 amide bonds. The molecule has 0 bridgehead atoms. The van der Waals surface area contributed by atoms with E-state index in [1.54, 1.807) is 0 Å². The standard InChI is InChI=1S/C54H37NO/c1-53(2)46-32-35(34-16-5-3-6-17-34)28-30-40(46)41-31-29-37(33-47(41)53)55(36-18-7-4-8-19-36)48-26-15-25-45-50(48)52-51(42-22-11-14-27-49(42)56-52)54(45)43-23-12-9-20-38(43)39-21-10-13-24-44(39)54/h3-33H,1-2H3. The number of hydrogen-bond acceptors (Lipinski definition) is 2. The number of anilines is 3. The highest BCUT2D eigenvalue weighted by Crippen LogP contribution is 2.66. The van der Waals surface area contributed by atoms with Gasteiger partial charge in [0, 0.05) is 33.3 Å². The summed E-state index contributed by atoms with van der Waals surface area (Å²) in [6.45, 7) is 4.76. The van der Waals surface area contributed by atoms with Gasteiger partial charge in [-0.2, -0.15) is 0 Å². The van der Waals surface area contributed by atoms with Gasteiger partial charge in [0.2, 0.25) is 0 Å². The van der Waals surface area contributed by atoms with Crippen LogP contribution in [-0.4, -0.2) is 0 Å². The highest BCUT2D eigenvalue weighted by molar-refractivity contribution is 6.06. The third-order valence-electron chi connectivity index (χ3n) is 12.9. The molecule has 12 rings (SSSR count). The van der Waals surface area contributed by atoms with Gasteiger partial charge >= 0.3 is 0 Å². The molecule has 0 saturated heterocycles. The van der Waals surface area contributed by atoms with Crippen molar-refractivity contribution in [1.82, 2.24) is 0 Å². The van der Waals surface area contributed by atoms with Gasteiger partial charge in [0.05, 0.1) is 11.1 Å². The zero-order chi connectivity index (χ0) is 37.2. The van der Waals surface area contributed by atoms with Crippen molar-refractivity contribution in [3.63, 3.8) is 0 Å². The fourth-order valence-electron chi connectivity index (χ4n) is 10.5. The number of para-hydroxylation sites is 2. The Morgan fingerprint density at radius 2 is 1.02 bits per heavy atom. The van der Waals surface area contributed by atoms with Crippen molar-refractivity contribution >= 4 is 28.0 Å². The predicted octanol–water partition coefficient (Wildman–Crippen LogP) is 14.2. The van der Waals surface area contributed by atoms with Gasteiger partial charge in [-0.1, -0.05) is 159 Å². The van der Waals surface area contributed by atoms with Crippen LogP contribution in [0.1, 0.15) is 47.2 Å². The molecule has 8 aromatic carbocycles. The first-order chi connectivity index (χ1) is 27.5. The van der Waals surface area contributed by atoms with Gasteiger partial charge in [-0.25, -0.2) is 0 Å². The van der Waals surface area contributed by atoms with Gasteiger partial charge in [-0.15, -0.1) is 0 Å². The van der Waals surface area contributed by atoms with Crippen molar-refractivity contribution in [2.45, 2.75) is 24.7 Å². The molecule has 264 valence electrons. The van der Waals surface area contributed by atoms with Crippen molar-refractivity contribution in [3.8, 4) is 44.7 Å². The second-order valence-electron chi connectivity index (χ2n) is 16.0. The third-order valence-corrected chi connectivity index (χ3v) is 12.9.